The number of aromatic nitrogens is 1. The van der Waals surface area contributed by atoms with Gasteiger partial charge in [-0.25, -0.2) is 4.98 Å². The Morgan fingerprint density at radius 3 is 3.00 bits per heavy atom. The lowest BCUT2D eigenvalue weighted by atomic mass is 10.1. The largest absolute Gasteiger partial charge is 0.437 e. The number of Topliss-reactive ketones (excluding diaryl/α,β-unsaturated/α-hetero) is 1. The normalized spacial score (nSPS) is 10.8. The molecule has 2 aromatic rings. The molecule has 0 unspecified atom stereocenters. The molecule has 0 radical (unpaired) electrons. The van der Waals surface area contributed by atoms with E-state index in [2.05, 4.69) is 20.9 Å². The molecule has 0 bridgehead atoms. The van der Waals surface area contributed by atoms with Crippen molar-refractivity contribution in [2.45, 2.75) is 6.61 Å². The molecule has 15 heavy (non-hydrogen) atoms. The number of hydrogen-bond acceptors (Lipinski definition) is 4. The van der Waals surface area contributed by atoms with Crippen molar-refractivity contribution in [2.75, 3.05) is 5.33 Å². The number of hydrogen-bond donors (Lipinski definition) is 1. The SMILES string of the molecule is O=C(CBr)c1cccc2nc(CO)oc12. The highest BCUT2D eigenvalue weighted by atomic mass is 79.9. The van der Waals surface area contributed by atoms with Crippen LogP contribution in [-0.2, 0) is 6.61 Å². The first kappa shape index (κ1) is 10.3. The first-order chi connectivity index (χ1) is 7.26. The number of rotatable bonds is 3. The summed E-state index contributed by atoms with van der Waals surface area (Å²) in [5.41, 5.74) is 1.51. The van der Waals surface area contributed by atoms with Gasteiger partial charge in [0.1, 0.15) is 12.1 Å². The summed E-state index contributed by atoms with van der Waals surface area (Å²) in [4.78, 5) is 15.6. The van der Waals surface area contributed by atoms with Gasteiger partial charge in [0.05, 0.1) is 10.9 Å². The summed E-state index contributed by atoms with van der Waals surface area (Å²) in [6.45, 7) is -0.267. The molecular formula is C10H8BrNO3. The van der Waals surface area contributed by atoms with Crippen molar-refractivity contribution < 1.29 is 14.3 Å². The Bertz CT molecular complexity index is 506. The van der Waals surface area contributed by atoms with Gasteiger partial charge in [-0.3, -0.25) is 4.79 Å². The lowest BCUT2D eigenvalue weighted by Gasteiger charge is -1.96. The Labute approximate surface area is 94.0 Å². The Morgan fingerprint density at radius 2 is 2.33 bits per heavy atom. The van der Waals surface area contributed by atoms with Gasteiger partial charge in [0, 0.05) is 0 Å². The highest BCUT2D eigenvalue weighted by Crippen LogP contribution is 2.20. The summed E-state index contributed by atoms with van der Waals surface area (Å²) in [7, 11) is 0. The van der Waals surface area contributed by atoms with E-state index in [-0.39, 0.29) is 23.6 Å². The fraction of sp³-hybridized carbons (Fsp3) is 0.200. The molecule has 0 fully saturated rings. The lowest BCUT2D eigenvalue weighted by Crippen LogP contribution is -1.99. The van der Waals surface area contributed by atoms with Crippen molar-refractivity contribution in [3.8, 4) is 0 Å². The van der Waals surface area contributed by atoms with Gasteiger partial charge < -0.3 is 9.52 Å². The van der Waals surface area contributed by atoms with Crippen LogP contribution in [0.3, 0.4) is 0 Å². The molecule has 1 aromatic carbocycles. The van der Waals surface area contributed by atoms with Crippen molar-refractivity contribution in [1.82, 2.24) is 4.98 Å². The predicted octanol–water partition coefficient (Wildman–Crippen LogP) is 1.90. The summed E-state index contributed by atoms with van der Waals surface area (Å²) in [5.74, 6) is 0.154. The number of benzene rings is 1. The molecule has 0 saturated heterocycles. The lowest BCUT2D eigenvalue weighted by molar-refractivity contribution is 0.102. The number of fused-ring (bicyclic) bond motifs is 1. The predicted molar refractivity (Wildman–Crippen MR) is 58.1 cm³/mol. The highest BCUT2D eigenvalue weighted by Gasteiger charge is 2.13. The fourth-order valence-electron chi connectivity index (χ4n) is 1.35. The highest BCUT2D eigenvalue weighted by molar-refractivity contribution is 9.09. The van der Waals surface area contributed by atoms with E-state index in [0.717, 1.165) is 0 Å². The summed E-state index contributed by atoms with van der Waals surface area (Å²) in [5, 5.41) is 9.11. The van der Waals surface area contributed by atoms with Gasteiger partial charge in [-0.2, -0.15) is 0 Å². The molecule has 0 aliphatic rings. The molecular weight excluding hydrogens is 262 g/mol. The summed E-state index contributed by atoms with van der Waals surface area (Å²) < 4.78 is 5.27. The maximum absolute atomic E-state index is 11.5. The van der Waals surface area contributed by atoms with E-state index in [9.17, 15) is 4.79 Å². The van der Waals surface area contributed by atoms with Crippen LogP contribution in [0.25, 0.3) is 11.1 Å². The number of carbonyl (C=O) groups excluding carboxylic acids is 1. The third-order valence-electron chi connectivity index (χ3n) is 2.02. The Morgan fingerprint density at radius 1 is 1.53 bits per heavy atom. The minimum absolute atomic E-state index is 0.0683. The Kier molecular flexibility index (Phi) is 2.83. The zero-order chi connectivity index (χ0) is 10.8. The van der Waals surface area contributed by atoms with Crippen LogP contribution in [0, 0.1) is 0 Å². The number of para-hydroxylation sites is 1. The number of halogens is 1. The van der Waals surface area contributed by atoms with Gasteiger partial charge >= 0.3 is 0 Å². The average Bonchev–Trinajstić information content (AvgIpc) is 2.70. The minimum atomic E-state index is -0.267. The number of aliphatic hydroxyl groups excluding tert-OH is 1. The Balaban J connectivity index is 2.64. The van der Waals surface area contributed by atoms with Crippen molar-refractivity contribution >= 4 is 32.8 Å². The van der Waals surface area contributed by atoms with Gasteiger partial charge in [0.2, 0.25) is 5.89 Å². The smallest absolute Gasteiger partial charge is 0.221 e. The van der Waals surface area contributed by atoms with Crippen LogP contribution in [0.2, 0.25) is 0 Å². The molecule has 0 aliphatic carbocycles. The van der Waals surface area contributed by atoms with E-state index in [1.54, 1.807) is 18.2 Å². The van der Waals surface area contributed by atoms with Gasteiger partial charge in [0.15, 0.2) is 11.4 Å². The van der Waals surface area contributed by atoms with Crippen LogP contribution in [0.15, 0.2) is 22.6 Å². The summed E-state index contributed by atoms with van der Waals surface area (Å²) >= 11 is 3.10. The molecule has 0 atom stereocenters. The van der Waals surface area contributed by atoms with Crippen LogP contribution >= 0.6 is 15.9 Å². The van der Waals surface area contributed by atoms with Crippen LogP contribution in [0.1, 0.15) is 16.2 Å². The maximum atomic E-state index is 11.5. The fourth-order valence-corrected chi connectivity index (χ4v) is 1.66. The van der Waals surface area contributed by atoms with E-state index in [1.807, 2.05) is 0 Å². The number of oxazole rings is 1. The van der Waals surface area contributed by atoms with Crippen molar-refractivity contribution in [3.63, 3.8) is 0 Å². The van der Waals surface area contributed by atoms with Crippen LogP contribution < -0.4 is 0 Å². The second kappa shape index (κ2) is 4.12. The molecule has 0 spiro atoms. The van der Waals surface area contributed by atoms with Crippen LogP contribution in [-0.4, -0.2) is 21.2 Å². The van der Waals surface area contributed by atoms with Gasteiger partial charge in [-0.1, -0.05) is 22.0 Å². The molecule has 2 rings (SSSR count). The molecule has 78 valence electrons. The van der Waals surface area contributed by atoms with Crippen molar-refractivity contribution in [1.29, 1.82) is 0 Å². The topological polar surface area (TPSA) is 63.3 Å². The van der Waals surface area contributed by atoms with E-state index < -0.39 is 0 Å². The van der Waals surface area contributed by atoms with Crippen molar-refractivity contribution in [3.05, 3.63) is 29.7 Å². The number of alkyl halides is 1. The molecule has 4 nitrogen and oxygen atoms in total. The third-order valence-corrected chi connectivity index (χ3v) is 2.53. The number of carbonyl (C=O) groups is 1. The standard InChI is InChI=1S/C10H8BrNO3/c11-4-8(14)6-2-1-3-7-10(6)15-9(5-13)12-7/h1-3,13H,4-5H2. The number of aliphatic hydroxyl groups is 1. The van der Waals surface area contributed by atoms with E-state index in [4.69, 9.17) is 9.52 Å². The molecule has 1 heterocycles. The molecule has 0 saturated carbocycles. The van der Waals surface area contributed by atoms with Crippen LogP contribution in [0.5, 0.6) is 0 Å². The second-order valence-electron chi connectivity index (χ2n) is 2.98. The van der Waals surface area contributed by atoms with E-state index in [0.29, 0.717) is 16.7 Å². The molecule has 5 heteroatoms. The van der Waals surface area contributed by atoms with Crippen molar-refractivity contribution in [2.24, 2.45) is 0 Å². The molecule has 0 amide bonds. The van der Waals surface area contributed by atoms with Gasteiger partial charge in [-0.15, -0.1) is 0 Å². The van der Waals surface area contributed by atoms with E-state index >= 15 is 0 Å². The quantitative estimate of drug-likeness (QED) is 0.683. The first-order valence-corrected chi connectivity index (χ1v) is 5.47. The number of nitrogens with zero attached hydrogens (tertiary/aromatic N) is 1. The first-order valence-electron chi connectivity index (χ1n) is 4.34. The zero-order valence-electron chi connectivity index (χ0n) is 7.74. The molecule has 1 N–H and O–H groups in total. The zero-order valence-corrected chi connectivity index (χ0v) is 9.32. The monoisotopic (exact) mass is 269 g/mol. The van der Waals surface area contributed by atoms with E-state index in [1.165, 1.54) is 0 Å². The summed E-state index contributed by atoms with van der Waals surface area (Å²) in [6, 6.07) is 5.16. The van der Waals surface area contributed by atoms with Crippen LogP contribution in [0.4, 0.5) is 0 Å². The second-order valence-corrected chi connectivity index (χ2v) is 3.54. The number of ketones is 1. The summed E-state index contributed by atoms with van der Waals surface area (Å²) in [6.07, 6.45) is 0. The third kappa shape index (κ3) is 1.80. The molecule has 0 aliphatic heterocycles. The van der Waals surface area contributed by atoms with Gasteiger partial charge in [-0.05, 0) is 12.1 Å². The maximum Gasteiger partial charge on any atom is 0.221 e. The van der Waals surface area contributed by atoms with Gasteiger partial charge in [0.25, 0.3) is 0 Å². The minimum Gasteiger partial charge on any atom is -0.437 e. The average molecular weight is 270 g/mol. The Hall–Kier alpha value is -1.20. The molecule has 1 aromatic heterocycles.